The van der Waals surface area contributed by atoms with E-state index in [-0.39, 0.29) is 4.46 Å². The fraction of sp³-hybridized carbons (Fsp3) is 0.750. The second kappa shape index (κ2) is 5.42. The van der Waals surface area contributed by atoms with Crippen molar-refractivity contribution in [2.75, 3.05) is 0 Å². The van der Waals surface area contributed by atoms with Gasteiger partial charge in [0.2, 0.25) is 0 Å². The van der Waals surface area contributed by atoms with Crippen molar-refractivity contribution < 1.29 is 0 Å². The Morgan fingerprint density at radius 3 is 2.62 bits per heavy atom. The van der Waals surface area contributed by atoms with Gasteiger partial charge in [-0.05, 0) is 6.04 Å². The molecule has 0 spiro atoms. The van der Waals surface area contributed by atoms with E-state index in [0.717, 1.165) is 6.04 Å². The molecule has 0 saturated carbocycles. The molecule has 0 rings (SSSR count). The van der Waals surface area contributed by atoms with Gasteiger partial charge in [0.15, 0.2) is 0 Å². The number of hydrogen-bond donors (Lipinski definition) is 0. The van der Waals surface area contributed by atoms with E-state index in [1.54, 1.807) is 0 Å². The molecule has 0 aliphatic rings. The van der Waals surface area contributed by atoms with Crippen molar-refractivity contribution in [3.05, 3.63) is 0 Å². The maximum atomic E-state index is 8.05. The van der Waals surface area contributed by atoms with Crippen LogP contribution in [0.4, 0.5) is 0 Å². The predicted octanol–water partition coefficient (Wildman–Crippen LogP) is 1.78. The zero-order valence-electron chi connectivity index (χ0n) is 4.19. The van der Waals surface area contributed by atoms with Crippen LogP contribution in [0.2, 0.25) is 6.04 Å². The minimum Gasteiger partial charge on any atom is -0.198 e. The van der Waals surface area contributed by atoms with Crippen molar-refractivity contribution in [3.8, 4) is 6.07 Å². The van der Waals surface area contributed by atoms with Gasteiger partial charge >= 0.3 is 0 Å². The second-order valence-corrected chi connectivity index (χ2v) is 4.48. The van der Waals surface area contributed by atoms with Gasteiger partial charge in [-0.1, -0.05) is 0 Å². The molecule has 0 fully saturated rings. The van der Waals surface area contributed by atoms with Crippen LogP contribution in [0.5, 0.6) is 0 Å². The standard InChI is InChI=1S/C4H5Cl2NSi/c5-4(6)8-3-1-2-7/h4H,1,3H2. The summed E-state index contributed by atoms with van der Waals surface area (Å²) < 4.78 is -0.275. The van der Waals surface area contributed by atoms with E-state index in [2.05, 4.69) is 0 Å². The van der Waals surface area contributed by atoms with E-state index in [1.165, 1.54) is 0 Å². The monoisotopic (exact) mass is 165 g/mol. The molecule has 0 atom stereocenters. The van der Waals surface area contributed by atoms with E-state index in [4.69, 9.17) is 28.5 Å². The highest BCUT2D eigenvalue weighted by Gasteiger charge is 1.97. The molecule has 2 radical (unpaired) electrons. The molecule has 8 heavy (non-hydrogen) atoms. The Bertz CT molecular complexity index is 88.5. The summed E-state index contributed by atoms with van der Waals surface area (Å²) in [7, 11) is 0.504. The number of rotatable bonds is 3. The summed E-state index contributed by atoms with van der Waals surface area (Å²) in [5.74, 6) is 0. The molecule has 4 heteroatoms. The van der Waals surface area contributed by atoms with Crippen molar-refractivity contribution in [2.24, 2.45) is 0 Å². The lowest BCUT2D eigenvalue weighted by Gasteiger charge is -1.91. The first kappa shape index (κ1) is 8.29. The van der Waals surface area contributed by atoms with Crippen LogP contribution in [-0.4, -0.2) is 14.0 Å². The largest absolute Gasteiger partial charge is 0.198 e. The van der Waals surface area contributed by atoms with Gasteiger partial charge in [0.05, 0.1) is 20.0 Å². The highest BCUT2D eigenvalue weighted by Crippen LogP contribution is 2.01. The van der Waals surface area contributed by atoms with Crippen molar-refractivity contribution in [3.63, 3.8) is 0 Å². The molecule has 0 aliphatic carbocycles. The maximum absolute atomic E-state index is 8.05. The molecule has 0 aromatic rings. The van der Waals surface area contributed by atoms with Gasteiger partial charge in [-0.3, -0.25) is 0 Å². The predicted molar refractivity (Wildman–Crippen MR) is 36.3 cm³/mol. The zero-order chi connectivity index (χ0) is 6.41. The van der Waals surface area contributed by atoms with Crippen LogP contribution in [-0.2, 0) is 0 Å². The quantitative estimate of drug-likeness (QED) is 0.356. The molecule has 0 unspecified atom stereocenters. The Labute approximate surface area is 61.4 Å². The summed E-state index contributed by atoms with van der Waals surface area (Å²) >= 11 is 10.8. The minimum absolute atomic E-state index is 0.275. The van der Waals surface area contributed by atoms with Crippen LogP contribution in [0.3, 0.4) is 0 Å². The third-order valence-electron chi connectivity index (χ3n) is 0.535. The van der Waals surface area contributed by atoms with Crippen molar-refractivity contribution >= 4 is 32.7 Å². The number of nitriles is 1. The van der Waals surface area contributed by atoms with Crippen LogP contribution in [0.15, 0.2) is 0 Å². The van der Waals surface area contributed by atoms with Gasteiger partial charge in [0, 0.05) is 6.42 Å². The molecule has 0 saturated heterocycles. The Morgan fingerprint density at radius 2 is 2.25 bits per heavy atom. The molecule has 44 valence electrons. The summed E-state index contributed by atoms with van der Waals surface area (Å²) in [4.78, 5) is 0. The average Bonchev–Trinajstić information content (AvgIpc) is 1.66. The third-order valence-corrected chi connectivity index (χ3v) is 2.31. The normalized spacial score (nSPS) is 9.25. The van der Waals surface area contributed by atoms with Gasteiger partial charge in [0.1, 0.15) is 0 Å². The molecule has 0 aliphatic heterocycles. The minimum atomic E-state index is -0.275. The van der Waals surface area contributed by atoms with E-state index in [0.29, 0.717) is 15.9 Å². The topological polar surface area (TPSA) is 23.8 Å². The first-order valence-electron chi connectivity index (χ1n) is 2.16. The van der Waals surface area contributed by atoms with Gasteiger partial charge < -0.3 is 0 Å². The third kappa shape index (κ3) is 6.29. The molecule has 0 bridgehead atoms. The van der Waals surface area contributed by atoms with Crippen molar-refractivity contribution in [1.82, 2.24) is 0 Å². The summed E-state index contributed by atoms with van der Waals surface area (Å²) in [6.45, 7) is 0. The van der Waals surface area contributed by atoms with Crippen LogP contribution in [0.1, 0.15) is 6.42 Å². The molecule has 0 amide bonds. The van der Waals surface area contributed by atoms with E-state index >= 15 is 0 Å². The Morgan fingerprint density at radius 1 is 1.62 bits per heavy atom. The van der Waals surface area contributed by atoms with Gasteiger partial charge in [-0.25, -0.2) is 0 Å². The summed E-state index contributed by atoms with van der Waals surface area (Å²) in [6.07, 6.45) is 0.564. The van der Waals surface area contributed by atoms with Crippen LogP contribution in [0.25, 0.3) is 0 Å². The lowest BCUT2D eigenvalue weighted by molar-refractivity contribution is 1.20. The van der Waals surface area contributed by atoms with Gasteiger partial charge in [-0.15, -0.1) is 23.2 Å². The van der Waals surface area contributed by atoms with E-state index in [9.17, 15) is 0 Å². The fourth-order valence-electron chi connectivity index (χ4n) is 0.237. The Hall–Kier alpha value is 0.287. The van der Waals surface area contributed by atoms with E-state index in [1.807, 2.05) is 6.07 Å². The molecule has 0 N–H and O–H groups in total. The summed E-state index contributed by atoms with van der Waals surface area (Å²) in [5, 5.41) is 8.05. The number of nitrogens with zero attached hydrogens (tertiary/aromatic N) is 1. The SMILES string of the molecule is N#CCC[Si]C(Cl)Cl. The summed E-state index contributed by atoms with van der Waals surface area (Å²) in [6, 6.07) is 2.84. The Balaban J connectivity index is 2.85. The maximum Gasteiger partial charge on any atom is 0.0929 e. The van der Waals surface area contributed by atoms with Crippen molar-refractivity contribution in [1.29, 1.82) is 5.26 Å². The highest BCUT2D eigenvalue weighted by atomic mass is 35.5. The molecular weight excluding hydrogens is 161 g/mol. The molecular formula is C4H5Cl2NSi. The van der Waals surface area contributed by atoms with E-state index < -0.39 is 0 Å². The average molecular weight is 166 g/mol. The van der Waals surface area contributed by atoms with Crippen LogP contribution < -0.4 is 0 Å². The first-order chi connectivity index (χ1) is 3.77. The summed E-state index contributed by atoms with van der Waals surface area (Å²) in [5.41, 5.74) is 0. The Kier molecular flexibility index (Phi) is 5.62. The molecule has 1 nitrogen and oxygen atoms in total. The molecule has 0 heterocycles. The van der Waals surface area contributed by atoms with Crippen molar-refractivity contribution in [2.45, 2.75) is 16.9 Å². The first-order valence-corrected chi connectivity index (χ1v) is 4.31. The highest BCUT2D eigenvalue weighted by molar-refractivity contribution is 6.68. The van der Waals surface area contributed by atoms with Gasteiger partial charge in [0.25, 0.3) is 0 Å². The van der Waals surface area contributed by atoms with Gasteiger partial charge in [-0.2, -0.15) is 5.26 Å². The zero-order valence-corrected chi connectivity index (χ0v) is 6.71. The molecule has 0 aromatic heterocycles. The lowest BCUT2D eigenvalue weighted by Crippen LogP contribution is -1.99. The second-order valence-electron chi connectivity index (χ2n) is 1.16. The number of hydrogen-bond acceptors (Lipinski definition) is 1. The van der Waals surface area contributed by atoms with Crippen LogP contribution >= 0.6 is 23.2 Å². The number of halogens is 2. The fourth-order valence-corrected chi connectivity index (χ4v) is 1.37. The number of alkyl halides is 2. The van der Waals surface area contributed by atoms with Crippen LogP contribution in [0, 0.1) is 11.3 Å². The molecule has 0 aromatic carbocycles. The lowest BCUT2D eigenvalue weighted by atomic mass is 10.6. The smallest absolute Gasteiger partial charge is 0.0929 e.